The summed E-state index contributed by atoms with van der Waals surface area (Å²) >= 11 is 0.831. The van der Waals surface area contributed by atoms with E-state index in [4.69, 9.17) is 9.47 Å². The molecule has 1 aromatic heterocycles. The number of aromatic nitrogens is 2. The molecule has 0 bridgehead atoms. The van der Waals surface area contributed by atoms with E-state index in [2.05, 4.69) is 15.5 Å². The number of sulfone groups is 1. The SMILES string of the molecule is CCCCS(=O)(=O)c1nnc(NC(=O)COc2ccc(OC)cc2)s1. The third-order valence-electron chi connectivity index (χ3n) is 3.11. The molecule has 0 aliphatic carbocycles. The van der Waals surface area contributed by atoms with Crippen LogP contribution in [0.25, 0.3) is 0 Å². The maximum absolute atomic E-state index is 12.0. The van der Waals surface area contributed by atoms with Crippen LogP contribution in [-0.4, -0.2) is 44.0 Å². The van der Waals surface area contributed by atoms with E-state index in [1.165, 1.54) is 0 Å². The van der Waals surface area contributed by atoms with Gasteiger partial charge in [0.1, 0.15) is 11.5 Å². The minimum Gasteiger partial charge on any atom is -0.497 e. The van der Waals surface area contributed by atoms with Gasteiger partial charge in [-0.05, 0) is 30.7 Å². The maximum Gasteiger partial charge on any atom is 0.264 e. The van der Waals surface area contributed by atoms with E-state index in [9.17, 15) is 13.2 Å². The summed E-state index contributed by atoms with van der Waals surface area (Å²) in [6.07, 6.45) is 1.32. The monoisotopic (exact) mass is 385 g/mol. The lowest BCUT2D eigenvalue weighted by Crippen LogP contribution is -2.20. The van der Waals surface area contributed by atoms with Crippen LogP contribution < -0.4 is 14.8 Å². The summed E-state index contributed by atoms with van der Waals surface area (Å²) in [5.41, 5.74) is 0. The van der Waals surface area contributed by atoms with E-state index in [1.807, 2.05) is 6.92 Å². The number of benzene rings is 1. The summed E-state index contributed by atoms with van der Waals surface area (Å²) < 4.78 is 34.3. The normalized spacial score (nSPS) is 11.1. The molecule has 2 rings (SSSR count). The summed E-state index contributed by atoms with van der Waals surface area (Å²) in [6.45, 7) is 1.67. The average Bonchev–Trinajstić information content (AvgIpc) is 3.08. The Morgan fingerprint density at radius 2 is 1.88 bits per heavy atom. The molecule has 8 nitrogen and oxygen atoms in total. The molecule has 25 heavy (non-hydrogen) atoms. The number of methoxy groups -OCH3 is 1. The highest BCUT2D eigenvalue weighted by Crippen LogP contribution is 2.22. The van der Waals surface area contributed by atoms with Gasteiger partial charge in [0.2, 0.25) is 19.3 Å². The van der Waals surface area contributed by atoms with E-state index >= 15 is 0 Å². The van der Waals surface area contributed by atoms with Gasteiger partial charge < -0.3 is 9.47 Å². The quantitative estimate of drug-likeness (QED) is 0.659. The first-order valence-corrected chi connectivity index (χ1v) is 10.0. The van der Waals surface area contributed by atoms with Crippen molar-refractivity contribution in [3.05, 3.63) is 24.3 Å². The molecule has 1 aromatic carbocycles. The van der Waals surface area contributed by atoms with Crippen LogP contribution >= 0.6 is 11.3 Å². The number of carbonyl (C=O) groups excluding carboxylic acids is 1. The summed E-state index contributed by atoms with van der Waals surface area (Å²) in [6, 6.07) is 6.78. The van der Waals surface area contributed by atoms with Crippen LogP contribution in [0.4, 0.5) is 5.13 Å². The third-order valence-corrected chi connectivity index (χ3v) is 6.20. The molecular formula is C15H19N3O5S2. The van der Waals surface area contributed by atoms with Gasteiger partial charge in [0.15, 0.2) is 6.61 Å². The molecule has 2 aromatic rings. The lowest BCUT2D eigenvalue weighted by Gasteiger charge is -2.06. The highest BCUT2D eigenvalue weighted by atomic mass is 32.2. The van der Waals surface area contributed by atoms with Crippen LogP contribution in [0.15, 0.2) is 28.6 Å². The number of rotatable bonds is 9. The molecule has 1 N–H and O–H groups in total. The standard InChI is InChI=1S/C15H19N3O5S2/c1-3-4-9-25(20,21)15-18-17-14(24-15)16-13(19)10-23-12-7-5-11(22-2)6-8-12/h5-8H,3-4,9-10H2,1-2H3,(H,16,17,19). The molecule has 0 aliphatic rings. The Labute approximate surface area is 150 Å². The van der Waals surface area contributed by atoms with Gasteiger partial charge in [-0.1, -0.05) is 24.7 Å². The Balaban J connectivity index is 1.88. The number of nitrogens with one attached hydrogen (secondary N) is 1. The zero-order chi connectivity index (χ0) is 18.3. The Kier molecular flexibility index (Phi) is 6.71. The molecule has 0 spiro atoms. The van der Waals surface area contributed by atoms with Crippen LogP contribution in [0.3, 0.4) is 0 Å². The van der Waals surface area contributed by atoms with Gasteiger partial charge in [-0.25, -0.2) is 8.42 Å². The molecule has 0 radical (unpaired) electrons. The number of carbonyl (C=O) groups is 1. The molecule has 0 aliphatic heterocycles. The Morgan fingerprint density at radius 1 is 1.20 bits per heavy atom. The van der Waals surface area contributed by atoms with Crippen molar-refractivity contribution in [1.82, 2.24) is 10.2 Å². The van der Waals surface area contributed by atoms with Gasteiger partial charge in [-0.15, -0.1) is 10.2 Å². The summed E-state index contributed by atoms with van der Waals surface area (Å²) in [5.74, 6) is 0.759. The van der Waals surface area contributed by atoms with E-state index in [0.29, 0.717) is 17.9 Å². The number of amides is 1. The molecule has 0 fully saturated rings. The molecule has 0 unspecified atom stereocenters. The fraction of sp³-hybridized carbons (Fsp3) is 0.400. The van der Waals surface area contributed by atoms with Crippen molar-refractivity contribution in [3.63, 3.8) is 0 Å². The van der Waals surface area contributed by atoms with Gasteiger partial charge in [-0.2, -0.15) is 0 Å². The topological polar surface area (TPSA) is 107 Å². The number of anilines is 1. The van der Waals surface area contributed by atoms with Crippen molar-refractivity contribution in [2.75, 3.05) is 24.8 Å². The second kappa shape index (κ2) is 8.77. The molecular weight excluding hydrogens is 366 g/mol. The first-order chi connectivity index (χ1) is 11.9. The molecule has 10 heteroatoms. The lowest BCUT2D eigenvalue weighted by molar-refractivity contribution is -0.118. The van der Waals surface area contributed by atoms with Crippen LogP contribution in [0.1, 0.15) is 19.8 Å². The Morgan fingerprint density at radius 3 is 2.52 bits per heavy atom. The van der Waals surface area contributed by atoms with Crippen molar-refractivity contribution in [3.8, 4) is 11.5 Å². The third kappa shape index (κ3) is 5.68. The summed E-state index contributed by atoms with van der Waals surface area (Å²) in [5, 5.41) is 9.93. The van der Waals surface area contributed by atoms with Crippen LogP contribution in [0.2, 0.25) is 0 Å². The number of unbranched alkanes of at least 4 members (excludes halogenated alkanes) is 1. The maximum atomic E-state index is 12.0. The first-order valence-electron chi connectivity index (χ1n) is 7.57. The van der Waals surface area contributed by atoms with Crippen molar-refractivity contribution in [2.24, 2.45) is 0 Å². The van der Waals surface area contributed by atoms with Crippen molar-refractivity contribution >= 4 is 32.2 Å². The van der Waals surface area contributed by atoms with Gasteiger partial charge in [0.25, 0.3) is 5.91 Å². The van der Waals surface area contributed by atoms with E-state index in [0.717, 1.165) is 17.8 Å². The average molecular weight is 385 g/mol. The first kappa shape index (κ1) is 19.1. The van der Waals surface area contributed by atoms with Gasteiger partial charge >= 0.3 is 0 Å². The van der Waals surface area contributed by atoms with Gasteiger partial charge in [-0.3, -0.25) is 10.1 Å². The molecule has 1 heterocycles. The predicted octanol–water partition coefficient (Wildman–Crippen LogP) is 2.14. The fourth-order valence-corrected chi connectivity index (χ4v) is 4.28. The zero-order valence-corrected chi connectivity index (χ0v) is 15.5. The number of ether oxygens (including phenoxy) is 2. The van der Waals surface area contributed by atoms with Crippen molar-refractivity contribution in [2.45, 2.75) is 24.1 Å². The summed E-state index contributed by atoms with van der Waals surface area (Å²) in [7, 11) is -1.89. The van der Waals surface area contributed by atoms with Crippen molar-refractivity contribution in [1.29, 1.82) is 0 Å². The summed E-state index contributed by atoms with van der Waals surface area (Å²) in [4.78, 5) is 11.9. The smallest absolute Gasteiger partial charge is 0.264 e. The van der Waals surface area contributed by atoms with Gasteiger partial charge in [0, 0.05) is 0 Å². The largest absolute Gasteiger partial charge is 0.497 e. The molecule has 0 atom stereocenters. The van der Waals surface area contributed by atoms with E-state index < -0.39 is 15.7 Å². The minimum absolute atomic E-state index is 0.0205. The second-order valence-electron chi connectivity index (χ2n) is 5.06. The van der Waals surface area contributed by atoms with E-state index in [1.54, 1.807) is 31.4 Å². The van der Waals surface area contributed by atoms with E-state index in [-0.39, 0.29) is 21.8 Å². The van der Waals surface area contributed by atoms with Gasteiger partial charge in [0.05, 0.1) is 12.9 Å². The number of hydrogen-bond acceptors (Lipinski definition) is 8. The molecule has 0 saturated heterocycles. The number of nitrogens with zero attached hydrogens (tertiary/aromatic N) is 2. The fourth-order valence-electron chi connectivity index (χ4n) is 1.78. The Bertz CT molecular complexity index is 803. The Hall–Kier alpha value is -2.20. The van der Waals surface area contributed by atoms with Crippen molar-refractivity contribution < 1.29 is 22.7 Å². The van der Waals surface area contributed by atoms with Crippen LogP contribution in [0, 0.1) is 0 Å². The van der Waals surface area contributed by atoms with Crippen LogP contribution in [0.5, 0.6) is 11.5 Å². The number of hydrogen-bond donors (Lipinski definition) is 1. The highest BCUT2D eigenvalue weighted by molar-refractivity contribution is 7.93. The molecule has 1 amide bonds. The predicted molar refractivity (Wildman–Crippen MR) is 94.0 cm³/mol. The zero-order valence-electron chi connectivity index (χ0n) is 13.9. The lowest BCUT2D eigenvalue weighted by atomic mass is 10.3. The second-order valence-corrected chi connectivity index (χ2v) is 8.32. The highest BCUT2D eigenvalue weighted by Gasteiger charge is 2.20. The minimum atomic E-state index is -3.45. The molecule has 0 saturated carbocycles. The molecule has 136 valence electrons. The van der Waals surface area contributed by atoms with Crippen LogP contribution in [-0.2, 0) is 14.6 Å².